The van der Waals surface area contributed by atoms with E-state index in [0.29, 0.717) is 19.6 Å². The lowest BCUT2D eigenvalue weighted by Gasteiger charge is -1.93. The summed E-state index contributed by atoms with van der Waals surface area (Å²) in [5.74, 6) is 0. The van der Waals surface area contributed by atoms with Gasteiger partial charge in [0.1, 0.15) is 0 Å². The van der Waals surface area contributed by atoms with Crippen molar-refractivity contribution in [3.63, 3.8) is 0 Å². The van der Waals surface area contributed by atoms with Crippen molar-refractivity contribution in [2.75, 3.05) is 0 Å². The van der Waals surface area contributed by atoms with Crippen LogP contribution < -0.4 is 0 Å². The fourth-order valence-corrected chi connectivity index (χ4v) is 3.21. The molecule has 0 amide bonds. The molecular formula is C6H17ClMgSi. The molecule has 9 heavy (non-hydrogen) atoms. The van der Waals surface area contributed by atoms with Crippen LogP contribution in [0.3, 0.4) is 0 Å². The summed E-state index contributed by atoms with van der Waals surface area (Å²) in [5.41, 5.74) is 0. The van der Waals surface area contributed by atoms with Crippen molar-refractivity contribution >= 4 is 39.9 Å². The molecule has 0 bridgehead atoms. The summed E-state index contributed by atoms with van der Waals surface area (Å²) < 4.78 is 1.63. The van der Waals surface area contributed by atoms with E-state index in [1.54, 1.807) is 18.9 Å². The van der Waals surface area contributed by atoms with E-state index in [1.807, 2.05) is 0 Å². The Hall–Kier alpha value is 1.27. The van der Waals surface area contributed by atoms with Crippen molar-refractivity contribution in [3.05, 3.63) is 0 Å². The number of hydrogen-bond acceptors (Lipinski definition) is 0. The fourth-order valence-electron chi connectivity index (χ4n) is 0.854. The molecule has 0 spiro atoms. The van der Waals surface area contributed by atoms with Crippen LogP contribution in [0.2, 0.25) is 4.55 Å². The Morgan fingerprint density at radius 2 is 1.89 bits per heavy atom. The Kier molecular flexibility index (Phi) is 17.2. The first-order valence-corrected chi connectivity index (χ1v) is 10.6. The van der Waals surface area contributed by atoms with Crippen molar-refractivity contribution in [2.24, 2.45) is 0 Å². The van der Waals surface area contributed by atoms with Gasteiger partial charge in [-0.05, 0) is 0 Å². The number of unbranched alkanes of at least 4 members (excludes halogenated alkanes) is 3. The molecule has 0 saturated heterocycles. The molecule has 0 N–H and O–H groups in total. The molecule has 0 atom stereocenters. The third-order valence-corrected chi connectivity index (χ3v) is 4.79. The lowest BCUT2D eigenvalue weighted by atomic mass is 10.2. The highest BCUT2D eigenvalue weighted by Crippen LogP contribution is 2.00. The van der Waals surface area contributed by atoms with Gasteiger partial charge in [0.15, 0.2) is 0 Å². The van der Waals surface area contributed by atoms with Gasteiger partial charge in [-0.15, -0.1) is 24.8 Å². The summed E-state index contributed by atoms with van der Waals surface area (Å²) in [4.78, 5) is 0. The lowest BCUT2D eigenvalue weighted by Crippen LogP contribution is -1.86. The minimum atomic E-state index is 0. The van der Waals surface area contributed by atoms with Gasteiger partial charge in [-0.2, -0.15) is 0 Å². The SMILES string of the molecule is CCCCC[CH2][Mg][SiH3].Cl. The summed E-state index contributed by atoms with van der Waals surface area (Å²) in [7, 11) is 1.55. The molecule has 54 valence electrons. The highest BCUT2D eigenvalue weighted by atomic mass is 35.5. The average molecular weight is 177 g/mol. The second-order valence-corrected chi connectivity index (χ2v) is 7.12. The summed E-state index contributed by atoms with van der Waals surface area (Å²) in [5, 5.41) is 0. The molecule has 0 aromatic rings. The zero-order valence-electron chi connectivity index (χ0n) is 6.65. The predicted molar refractivity (Wildman–Crippen MR) is 51.9 cm³/mol. The largest absolute Gasteiger partial charge is 0.350 e. The molecule has 0 aromatic heterocycles. The van der Waals surface area contributed by atoms with Crippen molar-refractivity contribution in [1.29, 1.82) is 0 Å². The van der Waals surface area contributed by atoms with Gasteiger partial charge in [-0.25, -0.2) is 0 Å². The van der Waals surface area contributed by atoms with Gasteiger partial charge in [0.2, 0.25) is 0 Å². The first-order chi connectivity index (χ1) is 3.91. The zero-order valence-corrected chi connectivity index (χ0v) is 10.9. The van der Waals surface area contributed by atoms with Gasteiger partial charge in [-0.3, -0.25) is 0 Å². The molecule has 0 aliphatic rings. The standard InChI is InChI=1S/C6H13.ClH.Mg.H3Si/c1-3-5-6-4-2;;;/h1,3-6H2,2H3;1H;;1H3. The maximum atomic E-state index is 2.28. The molecule has 0 nitrogen and oxygen atoms in total. The van der Waals surface area contributed by atoms with Crippen LogP contribution in [-0.4, -0.2) is 27.5 Å². The highest BCUT2D eigenvalue weighted by Gasteiger charge is 1.86. The van der Waals surface area contributed by atoms with Crippen LogP contribution in [-0.2, 0) is 0 Å². The summed E-state index contributed by atoms with van der Waals surface area (Å²) >= 11 is 0.525. The molecule has 0 rings (SSSR count). The maximum Gasteiger partial charge on any atom is 0.350 e. The van der Waals surface area contributed by atoms with Gasteiger partial charge in [0.05, 0.1) is 0 Å². The first-order valence-electron chi connectivity index (χ1n) is 3.91. The van der Waals surface area contributed by atoms with Crippen LogP contribution in [0.25, 0.3) is 0 Å². The lowest BCUT2D eigenvalue weighted by molar-refractivity contribution is 0.701. The fraction of sp³-hybridized carbons (Fsp3) is 1.00. The first kappa shape index (κ1) is 12.9. The van der Waals surface area contributed by atoms with E-state index in [1.165, 1.54) is 19.3 Å². The molecule has 3 heteroatoms. The number of hydrogen-bond donors (Lipinski definition) is 0. The van der Waals surface area contributed by atoms with Crippen LogP contribution in [0.5, 0.6) is 0 Å². The minimum Gasteiger partial charge on any atom is -0.150 e. The summed E-state index contributed by atoms with van der Waals surface area (Å²) in [6, 6.07) is 0. The van der Waals surface area contributed by atoms with Gasteiger partial charge in [0, 0.05) is 0 Å². The Balaban J connectivity index is 0. The van der Waals surface area contributed by atoms with E-state index >= 15 is 0 Å². The third-order valence-electron chi connectivity index (χ3n) is 1.46. The Morgan fingerprint density at radius 1 is 1.22 bits per heavy atom. The topological polar surface area (TPSA) is 0 Å². The normalized spacial score (nSPS) is 8.11. The second kappa shape index (κ2) is 12.0. The Morgan fingerprint density at radius 3 is 2.33 bits per heavy atom. The maximum absolute atomic E-state index is 2.28. The van der Waals surface area contributed by atoms with Gasteiger partial charge < -0.3 is 0 Å². The molecule has 0 aliphatic carbocycles. The predicted octanol–water partition coefficient (Wildman–Crippen LogP) is 1.39. The van der Waals surface area contributed by atoms with Crippen LogP contribution in [0.4, 0.5) is 0 Å². The molecule has 0 heterocycles. The molecule has 0 aromatic carbocycles. The zero-order chi connectivity index (χ0) is 6.24. The molecule has 0 aliphatic heterocycles. The summed E-state index contributed by atoms with van der Waals surface area (Å²) in [6.07, 6.45) is 5.91. The second-order valence-electron chi connectivity index (χ2n) is 2.41. The number of rotatable bonds is 5. The van der Waals surface area contributed by atoms with Gasteiger partial charge in [-0.1, -0.05) is 32.6 Å². The van der Waals surface area contributed by atoms with E-state index < -0.39 is 0 Å². The monoisotopic (exact) mass is 176 g/mol. The van der Waals surface area contributed by atoms with Crippen molar-refractivity contribution in [3.8, 4) is 0 Å². The average Bonchev–Trinajstić information content (AvgIpc) is 1.81. The number of halogens is 1. The third kappa shape index (κ3) is 12.5. The van der Waals surface area contributed by atoms with E-state index in [2.05, 4.69) is 6.92 Å². The van der Waals surface area contributed by atoms with Gasteiger partial charge in [0.25, 0.3) is 0 Å². The van der Waals surface area contributed by atoms with E-state index in [9.17, 15) is 0 Å². The van der Waals surface area contributed by atoms with Crippen LogP contribution in [0, 0.1) is 0 Å². The van der Waals surface area contributed by atoms with Crippen molar-refractivity contribution in [1.82, 2.24) is 0 Å². The minimum absolute atomic E-state index is 0. The summed E-state index contributed by atoms with van der Waals surface area (Å²) in [6.45, 7) is 2.28. The quantitative estimate of drug-likeness (QED) is 0.439. The molecule has 0 saturated carbocycles. The van der Waals surface area contributed by atoms with Crippen molar-refractivity contribution in [2.45, 2.75) is 37.2 Å². The molecule has 0 fully saturated rings. The smallest absolute Gasteiger partial charge is 0.150 e. The van der Waals surface area contributed by atoms with Gasteiger partial charge >= 0.3 is 19.6 Å². The van der Waals surface area contributed by atoms with E-state index in [0.717, 1.165) is 0 Å². The molecule has 0 radical (unpaired) electrons. The Labute approximate surface area is 76.9 Å². The van der Waals surface area contributed by atoms with Crippen molar-refractivity contribution < 1.29 is 0 Å². The van der Waals surface area contributed by atoms with Crippen LogP contribution in [0.15, 0.2) is 0 Å². The van der Waals surface area contributed by atoms with Crippen LogP contribution >= 0.6 is 12.4 Å². The highest BCUT2D eigenvalue weighted by molar-refractivity contribution is 6.89. The van der Waals surface area contributed by atoms with Crippen LogP contribution in [0.1, 0.15) is 32.6 Å². The Bertz CT molecular complexity index is 38.0. The van der Waals surface area contributed by atoms with E-state index in [-0.39, 0.29) is 12.4 Å². The molecular weight excluding hydrogens is 160 g/mol. The molecule has 0 unspecified atom stereocenters. The van der Waals surface area contributed by atoms with E-state index in [4.69, 9.17) is 0 Å².